The Bertz CT molecular complexity index is 554. The molecule has 5 heteroatoms. The van der Waals surface area contributed by atoms with Gasteiger partial charge in [0.05, 0.1) is 6.26 Å². The van der Waals surface area contributed by atoms with Crippen LogP contribution in [0.2, 0.25) is 0 Å². The van der Waals surface area contributed by atoms with Crippen molar-refractivity contribution in [2.45, 2.75) is 38.6 Å². The zero-order valence-corrected chi connectivity index (χ0v) is 13.8. The van der Waals surface area contributed by atoms with Crippen LogP contribution in [-0.2, 0) is 16.4 Å². The van der Waals surface area contributed by atoms with Crippen molar-refractivity contribution in [1.82, 2.24) is 4.31 Å². The maximum atomic E-state index is 11.6. The minimum Gasteiger partial charge on any atom is -0.327 e. The van der Waals surface area contributed by atoms with Gasteiger partial charge in [0.2, 0.25) is 10.0 Å². The van der Waals surface area contributed by atoms with E-state index < -0.39 is 10.0 Å². The van der Waals surface area contributed by atoms with Gasteiger partial charge in [-0.05, 0) is 44.1 Å². The second-order valence-electron chi connectivity index (χ2n) is 6.31. The number of aryl methyl sites for hydroxylation is 1. The number of piperidine rings is 1. The van der Waals surface area contributed by atoms with Gasteiger partial charge in [0.15, 0.2) is 0 Å². The highest BCUT2D eigenvalue weighted by Gasteiger charge is 2.26. The first-order chi connectivity index (χ1) is 9.84. The van der Waals surface area contributed by atoms with Crippen LogP contribution < -0.4 is 5.73 Å². The number of nitrogens with two attached hydrogens (primary N) is 1. The van der Waals surface area contributed by atoms with Crippen molar-refractivity contribution in [3.8, 4) is 0 Å². The van der Waals surface area contributed by atoms with Gasteiger partial charge in [-0.25, -0.2) is 12.7 Å². The van der Waals surface area contributed by atoms with Crippen LogP contribution in [0.4, 0.5) is 0 Å². The van der Waals surface area contributed by atoms with Gasteiger partial charge < -0.3 is 5.73 Å². The summed E-state index contributed by atoms with van der Waals surface area (Å²) in [6.45, 7) is 3.36. The van der Waals surface area contributed by atoms with Crippen LogP contribution in [0.3, 0.4) is 0 Å². The molecule has 1 fully saturated rings. The Labute approximate surface area is 128 Å². The van der Waals surface area contributed by atoms with E-state index in [2.05, 4.69) is 31.2 Å². The summed E-state index contributed by atoms with van der Waals surface area (Å²) in [5.41, 5.74) is 8.77. The van der Waals surface area contributed by atoms with Gasteiger partial charge in [-0.1, -0.05) is 29.8 Å². The van der Waals surface area contributed by atoms with E-state index in [9.17, 15) is 8.42 Å². The lowest BCUT2D eigenvalue weighted by Crippen LogP contribution is -2.41. The highest BCUT2D eigenvalue weighted by Crippen LogP contribution is 2.23. The number of nitrogens with zero attached hydrogens (tertiary/aromatic N) is 1. The molecule has 0 aromatic heterocycles. The molecule has 1 aliphatic rings. The molecule has 0 spiro atoms. The van der Waals surface area contributed by atoms with Crippen molar-refractivity contribution < 1.29 is 8.42 Å². The molecule has 2 unspecified atom stereocenters. The molecule has 1 heterocycles. The van der Waals surface area contributed by atoms with Crippen molar-refractivity contribution >= 4 is 10.0 Å². The van der Waals surface area contributed by atoms with Crippen molar-refractivity contribution in [3.63, 3.8) is 0 Å². The fourth-order valence-corrected chi connectivity index (χ4v) is 4.00. The van der Waals surface area contributed by atoms with Crippen LogP contribution in [0.1, 0.15) is 30.4 Å². The number of hydrogen-bond donors (Lipinski definition) is 1. The molecule has 1 saturated heterocycles. The average molecular weight is 310 g/mol. The molecule has 2 atom stereocenters. The van der Waals surface area contributed by atoms with Gasteiger partial charge in [0.1, 0.15) is 0 Å². The monoisotopic (exact) mass is 310 g/mol. The lowest BCUT2D eigenvalue weighted by molar-refractivity contribution is 0.246. The minimum absolute atomic E-state index is 0.0946. The summed E-state index contributed by atoms with van der Waals surface area (Å²) >= 11 is 0. The molecule has 0 amide bonds. The van der Waals surface area contributed by atoms with Crippen LogP contribution in [0.5, 0.6) is 0 Å². The molecule has 2 N–H and O–H groups in total. The van der Waals surface area contributed by atoms with Gasteiger partial charge in [-0.2, -0.15) is 0 Å². The third kappa shape index (κ3) is 5.09. The van der Waals surface area contributed by atoms with Gasteiger partial charge in [0.25, 0.3) is 0 Å². The first-order valence-corrected chi connectivity index (χ1v) is 9.45. The first-order valence-electron chi connectivity index (χ1n) is 7.61. The van der Waals surface area contributed by atoms with Crippen LogP contribution >= 0.6 is 0 Å². The summed E-state index contributed by atoms with van der Waals surface area (Å²) in [6.07, 6.45) is 5.06. The Hall–Kier alpha value is -0.910. The van der Waals surface area contributed by atoms with E-state index in [1.54, 1.807) is 4.31 Å². The molecular formula is C16H26N2O2S. The van der Waals surface area contributed by atoms with Crippen molar-refractivity contribution in [3.05, 3.63) is 35.4 Å². The fourth-order valence-electron chi connectivity index (χ4n) is 3.06. The molecule has 1 aliphatic heterocycles. The Morgan fingerprint density at radius 1 is 1.33 bits per heavy atom. The van der Waals surface area contributed by atoms with E-state index >= 15 is 0 Å². The molecule has 4 nitrogen and oxygen atoms in total. The third-order valence-corrected chi connectivity index (χ3v) is 5.47. The normalized spacial score (nSPS) is 22.1. The second kappa shape index (κ2) is 6.90. The Morgan fingerprint density at radius 2 is 2.00 bits per heavy atom. The molecule has 0 bridgehead atoms. The van der Waals surface area contributed by atoms with Crippen LogP contribution in [0, 0.1) is 12.8 Å². The summed E-state index contributed by atoms with van der Waals surface area (Å²) in [7, 11) is -3.07. The Kier molecular flexibility index (Phi) is 5.41. The zero-order chi connectivity index (χ0) is 15.5. The number of rotatable bonds is 5. The third-order valence-electron chi connectivity index (χ3n) is 4.21. The van der Waals surface area contributed by atoms with Gasteiger partial charge in [-0.3, -0.25) is 0 Å². The summed E-state index contributed by atoms with van der Waals surface area (Å²) in [4.78, 5) is 0. The van der Waals surface area contributed by atoms with E-state index in [4.69, 9.17) is 5.73 Å². The zero-order valence-electron chi connectivity index (χ0n) is 13.0. The number of hydrogen-bond acceptors (Lipinski definition) is 3. The topological polar surface area (TPSA) is 63.4 Å². The molecule has 118 valence electrons. The van der Waals surface area contributed by atoms with E-state index in [1.165, 1.54) is 17.4 Å². The molecule has 2 rings (SSSR count). The molecular weight excluding hydrogens is 284 g/mol. The average Bonchev–Trinajstić information content (AvgIpc) is 2.41. The lowest BCUT2D eigenvalue weighted by Gasteiger charge is -2.32. The molecule has 21 heavy (non-hydrogen) atoms. The number of sulfonamides is 1. The van der Waals surface area contributed by atoms with Crippen molar-refractivity contribution in [2.24, 2.45) is 11.7 Å². The molecule has 0 saturated carbocycles. The molecule has 0 radical (unpaired) electrons. The maximum Gasteiger partial charge on any atom is 0.211 e. The minimum atomic E-state index is -3.07. The first kappa shape index (κ1) is 16.5. The van der Waals surface area contributed by atoms with E-state index in [-0.39, 0.29) is 6.04 Å². The molecule has 0 aliphatic carbocycles. The van der Waals surface area contributed by atoms with E-state index in [0.717, 1.165) is 25.7 Å². The fraction of sp³-hybridized carbons (Fsp3) is 0.625. The van der Waals surface area contributed by atoms with Gasteiger partial charge in [-0.15, -0.1) is 0 Å². The van der Waals surface area contributed by atoms with Crippen LogP contribution in [-0.4, -0.2) is 38.1 Å². The van der Waals surface area contributed by atoms with Gasteiger partial charge >= 0.3 is 0 Å². The SMILES string of the molecule is Cc1ccc(CC(N)CC2CCCN(S(C)(=O)=O)C2)cc1. The summed E-state index contributed by atoms with van der Waals surface area (Å²) in [5, 5.41) is 0. The number of benzene rings is 1. The second-order valence-corrected chi connectivity index (χ2v) is 8.30. The summed E-state index contributed by atoms with van der Waals surface area (Å²) in [6, 6.07) is 8.55. The predicted octanol–water partition coefficient (Wildman–Crippen LogP) is 1.93. The maximum absolute atomic E-state index is 11.6. The Balaban J connectivity index is 1.87. The van der Waals surface area contributed by atoms with Gasteiger partial charge in [0, 0.05) is 19.1 Å². The predicted molar refractivity (Wildman–Crippen MR) is 86.6 cm³/mol. The molecule has 1 aromatic carbocycles. The largest absolute Gasteiger partial charge is 0.327 e. The van der Waals surface area contributed by atoms with Crippen LogP contribution in [0.15, 0.2) is 24.3 Å². The highest BCUT2D eigenvalue weighted by molar-refractivity contribution is 7.88. The molecule has 1 aromatic rings. The summed E-state index contributed by atoms with van der Waals surface area (Å²) in [5.74, 6) is 0.383. The van der Waals surface area contributed by atoms with E-state index in [1.807, 2.05) is 0 Å². The lowest BCUT2D eigenvalue weighted by atomic mass is 9.90. The van der Waals surface area contributed by atoms with E-state index in [0.29, 0.717) is 19.0 Å². The smallest absolute Gasteiger partial charge is 0.211 e. The van der Waals surface area contributed by atoms with Crippen LogP contribution in [0.25, 0.3) is 0 Å². The highest BCUT2D eigenvalue weighted by atomic mass is 32.2. The standard InChI is InChI=1S/C16H26N2O2S/c1-13-5-7-14(8-6-13)10-16(17)11-15-4-3-9-18(12-15)21(2,19)20/h5-8,15-16H,3-4,9-12,17H2,1-2H3. The van der Waals surface area contributed by atoms with Crippen molar-refractivity contribution in [2.75, 3.05) is 19.3 Å². The van der Waals surface area contributed by atoms with Crippen molar-refractivity contribution in [1.29, 1.82) is 0 Å². The quantitative estimate of drug-likeness (QED) is 0.904. The summed E-state index contributed by atoms with van der Waals surface area (Å²) < 4.78 is 24.9. The Morgan fingerprint density at radius 3 is 2.62 bits per heavy atom.